The Balaban J connectivity index is 2.98. The van der Waals surface area contributed by atoms with Gasteiger partial charge in [0, 0.05) is 0 Å². The van der Waals surface area contributed by atoms with Gasteiger partial charge in [0.05, 0.1) is 12.6 Å². The largest absolute Gasteiger partial charge is 0.508 e. The van der Waals surface area contributed by atoms with Crippen LogP contribution < -0.4 is 21.7 Å². The van der Waals surface area contributed by atoms with E-state index in [0.717, 1.165) is 5.56 Å². The number of phenols is 1. The fourth-order valence-electron chi connectivity index (χ4n) is 3.33. The number of phenolic OH excluding ortho intramolecular Hbond substituents is 1. The molecule has 0 aliphatic rings. The van der Waals surface area contributed by atoms with Crippen molar-refractivity contribution in [3.8, 4) is 5.75 Å². The zero-order chi connectivity index (χ0) is 26.7. The Labute approximate surface area is 205 Å². The first-order valence-electron chi connectivity index (χ1n) is 11.7. The highest BCUT2D eigenvalue weighted by atomic mass is 16.4. The number of amides is 3. The van der Waals surface area contributed by atoms with Gasteiger partial charge in [-0.15, -0.1) is 0 Å². The molecule has 0 bridgehead atoms. The zero-order valence-electron chi connectivity index (χ0n) is 20.7. The Hall–Kier alpha value is -3.18. The molecule has 0 spiro atoms. The summed E-state index contributed by atoms with van der Waals surface area (Å²) in [5, 5.41) is 35.3. The van der Waals surface area contributed by atoms with Gasteiger partial charge in [-0.25, -0.2) is 4.79 Å². The molecule has 3 amide bonds. The summed E-state index contributed by atoms with van der Waals surface area (Å²) in [6.07, 6.45) is 1.25. The van der Waals surface area contributed by atoms with Crippen LogP contribution >= 0.6 is 0 Å². The van der Waals surface area contributed by atoms with Crippen LogP contribution in [0.15, 0.2) is 24.3 Å². The molecule has 35 heavy (non-hydrogen) atoms. The Kier molecular flexibility index (Phi) is 12.2. The van der Waals surface area contributed by atoms with Crippen molar-refractivity contribution in [3.63, 3.8) is 0 Å². The minimum atomic E-state index is -1.51. The molecule has 8 N–H and O–H groups in total. The van der Waals surface area contributed by atoms with Crippen LogP contribution in [-0.2, 0) is 25.6 Å². The highest BCUT2D eigenvalue weighted by Crippen LogP contribution is 2.14. The van der Waals surface area contributed by atoms with Crippen molar-refractivity contribution in [1.82, 2.24) is 16.0 Å². The smallest absolute Gasteiger partial charge is 0.328 e. The van der Waals surface area contributed by atoms with E-state index in [-0.39, 0.29) is 24.0 Å². The molecule has 196 valence electrons. The molecule has 0 radical (unpaired) electrons. The molecule has 11 heteroatoms. The molecular formula is C24H38N4O7. The summed E-state index contributed by atoms with van der Waals surface area (Å²) in [5.41, 5.74) is 6.78. The molecule has 11 nitrogen and oxygen atoms in total. The predicted octanol–water partition coefficient (Wildman–Crippen LogP) is -0.114. The van der Waals surface area contributed by atoms with Gasteiger partial charge in [-0.05, 0) is 36.0 Å². The summed E-state index contributed by atoms with van der Waals surface area (Å²) in [4.78, 5) is 49.9. The normalized spacial score (nSPS) is 16.2. The number of carboxylic acid groups (broad SMARTS) is 1. The zero-order valence-corrected chi connectivity index (χ0v) is 20.7. The number of rotatable bonds is 14. The summed E-state index contributed by atoms with van der Waals surface area (Å²) in [5.74, 6) is -3.83. The van der Waals surface area contributed by atoms with E-state index in [9.17, 15) is 29.4 Å². The van der Waals surface area contributed by atoms with Crippen LogP contribution in [0.3, 0.4) is 0 Å². The minimum Gasteiger partial charge on any atom is -0.508 e. The first-order chi connectivity index (χ1) is 16.4. The van der Waals surface area contributed by atoms with Gasteiger partial charge in [0.2, 0.25) is 17.7 Å². The fraction of sp³-hybridized carbons (Fsp3) is 0.583. The summed E-state index contributed by atoms with van der Waals surface area (Å²) in [7, 11) is 0. The van der Waals surface area contributed by atoms with Crippen molar-refractivity contribution in [2.24, 2.45) is 17.6 Å². The number of aromatic hydroxyl groups is 1. The van der Waals surface area contributed by atoms with Crippen molar-refractivity contribution in [2.75, 3.05) is 6.61 Å². The van der Waals surface area contributed by atoms with Crippen LogP contribution in [0.5, 0.6) is 5.75 Å². The average Bonchev–Trinajstić information content (AvgIpc) is 2.83. The second-order valence-electron chi connectivity index (χ2n) is 8.80. The third-order valence-corrected chi connectivity index (χ3v) is 6.11. The van der Waals surface area contributed by atoms with Crippen molar-refractivity contribution in [3.05, 3.63) is 29.8 Å². The van der Waals surface area contributed by atoms with Crippen LogP contribution in [0.1, 0.15) is 46.1 Å². The summed E-state index contributed by atoms with van der Waals surface area (Å²) < 4.78 is 0. The third kappa shape index (κ3) is 9.18. The first-order valence-corrected chi connectivity index (χ1v) is 11.7. The lowest BCUT2D eigenvalue weighted by Crippen LogP contribution is -2.60. The quantitative estimate of drug-likeness (QED) is 0.186. The van der Waals surface area contributed by atoms with Crippen LogP contribution in [0.4, 0.5) is 0 Å². The molecule has 1 aromatic carbocycles. The number of hydrogen-bond donors (Lipinski definition) is 7. The van der Waals surface area contributed by atoms with E-state index in [2.05, 4.69) is 16.0 Å². The summed E-state index contributed by atoms with van der Waals surface area (Å²) >= 11 is 0. The number of nitrogens with two attached hydrogens (primary N) is 1. The van der Waals surface area contributed by atoms with E-state index >= 15 is 0 Å². The molecule has 1 rings (SSSR count). The molecule has 6 unspecified atom stereocenters. The van der Waals surface area contributed by atoms with Gasteiger partial charge in [-0.1, -0.05) is 52.7 Å². The van der Waals surface area contributed by atoms with Crippen molar-refractivity contribution in [1.29, 1.82) is 0 Å². The van der Waals surface area contributed by atoms with Crippen LogP contribution in [0, 0.1) is 11.8 Å². The van der Waals surface area contributed by atoms with Crippen LogP contribution in [-0.4, -0.2) is 69.8 Å². The highest BCUT2D eigenvalue weighted by Gasteiger charge is 2.34. The SMILES string of the molecule is CCC(C)C(NC(=O)C(N)Cc1ccc(O)cc1)C(=O)NC(C(=O)NC(CO)C(=O)O)C(C)CC. The van der Waals surface area contributed by atoms with E-state index in [0.29, 0.717) is 12.8 Å². The van der Waals surface area contributed by atoms with Gasteiger partial charge in [-0.3, -0.25) is 14.4 Å². The molecular weight excluding hydrogens is 456 g/mol. The van der Waals surface area contributed by atoms with E-state index in [1.807, 2.05) is 13.8 Å². The molecule has 6 atom stereocenters. The number of carbonyl (C=O) groups is 4. The number of aliphatic carboxylic acids is 1. The maximum Gasteiger partial charge on any atom is 0.328 e. The van der Waals surface area contributed by atoms with Crippen LogP contribution in [0.25, 0.3) is 0 Å². The molecule has 1 aromatic rings. The van der Waals surface area contributed by atoms with Gasteiger partial charge in [0.15, 0.2) is 0 Å². The number of carbonyl (C=O) groups excluding carboxylic acids is 3. The monoisotopic (exact) mass is 494 g/mol. The standard InChI is InChI=1S/C24H38N4O7/c1-5-13(3)19(22(32)26-18(12-29)24(34)35)28-23(33)20(14(4)6-2)27-21(31)17(25)11-15-7-9-16(30)10-8-15/h7-10,13-14,17-20,29-30H,5-6,11-12,25H2,1-4H3,(H,26,32)(H,27,31)(H,28,33)(H,34,35). The van der Waals surface area contributed by atoms with Crippen molar-refractivity contribution < 1.29 is 34.5 Å². The minimum absolute atomic E-state index is 0.0915. The maximum atomic E-state index is 13.2. The Morgan fingerprint density at radius 1 is 0.857 bits per heavy atom. The molecule has 0 aromatic heterocycles. The van der Waals surface area contributed by atoms with Gasteiger partial charge < -0.3 is 37.0 Å². The molecule has 0 saturated carbocycles. The van der Waals surface area contributed by atoms with E-state index in [1.54, 1.807) is 26.0 Å². The van der Waals surface area contributed by atoms with E-state index < -0.39 is 54.5 Å². The topological polar surface area (TPSA) is 191 Å². The Morgan fingerprint density at radius 2 is 1.31 bits per heavy atom. The summed E-state index contributed by atoms with van der Waals surface area (Å²) in [6.45, 7) is 6.37. The Bertz CT molecular complexity index is 862. The number of aliphatic hydroxyl groups is 1. The van der Waals surface area contributed by atoms with Gasteiger partial charge in [0.25, 0.3) is 0 Å². The average molecular weight is 495 g/mol. The van der Waals surface area contributed by atoms with Crippen molar-refractivity contribution >= 4 is 23.7 Å². The fourth-order valence-corrected chi connectivity index (χ4v) is 3.33. The van der Waals surface area contributed by atoms with E-state index in [1.165, 1.54) is 12.1 Å². The third-order valence-electron chi connectivity index (χ3n) is 6.11. The second-order valence-corrected chi connectivity index (χ2v) is 8.80. The summed E-state index contributed by atoms with van der Waals surface area (Å²) in [6, 6.07) is 1.76. The number of nitrogens with one attached hydrogen (secondary N) is 3. The second kappa shape index (κ2) is 14.3. The Morgan fingerprint density at radius 3 is 1.74 bits per heavy atom. The highest BCUT2D eigenvalue weighted by molar-refractivity contribution is 5.94. The van der Waals surface area contributed by atoms with E-state index in [4.69, 9.17) is 10.8 Å². The molecule has 0 saturated heterocycles. The van der Waals surface area contributed by atoms with Gasteiger partial charge >= 0.3 is 5.97 Å². The number of benzene rings is 1. The number of aliphatic hydroxyl groups excluding tert-OH is 1. The van der Waals surface area contributed by atoms with Gasteiger partial charge in [0.1, 0.15) is 23.9 Å². The van der Waals surface area contributed by atoms with Gasteiger partial charge in [-0.2, -0.15) is 0 Å². The number of hydrogen-bond acceptors (Lipinski definition) is 7. The lowest BCUT2D eigenvalue weighted by atomic mass is 9.94. The lowest BCUT2D eigenvalue weighted by molar-refractivity contribution is -0.143. The predicted molar refractivity (Wildman–Crippen MR) is 129 cm³/mol. The number of carboxylic acids is 1. The first kappa shape index (κ1) is 29.9. The van der Waals surface area contributed by atoms with Crippen LogP contribution in [0.2, 0.25) is 0 Å². The maximum absolute atomic E-state index is 13.2. The lowest BCUT2D eigenvalue weighted by Gasteiger charge is -2.30. The molecule has 0 aliphatic carbocycles. The molecule has 0 aliphatic heterocycles. The molecule has 0 fully saturated rings. The molecule has 0 heterocycles. The van der Waals surface area contributed by atoms with Crippen molar-refractivity contribution in [2.45, 2.75) is 71.1 Å².